The van der Waals surface area contributed by atoms with Gasteiger partial charge in [0.2, 0.25) is 11.8 Å². The van der Waals surface area contributed by atoms with E-state index >= 15 is 0 Å². The smallest absolute Gasteiger partial charge is 0.317 e. The van der Waals surface area contributed by atoms with Crippen LogP contribution in [-0.4, -0.2) is 169 Å². The molecule has 0 aliphatic carbocycles. The zero-order valence-corrected chi connectivity index (χ0v) is 27.1. The monoisotopic (exact) mass is 661 g/mol. The Morgan fingerprint density at radius 1 is 0.915 bits per heavy atom. The Kier molecular flexibility index (Phi) is 18.2. The average molecular weight is 662 g/mol. The molecule has 17 heteroatoms. The third kappa shape index (κ3) is 15.5. The molecule has 1 aromatic carbocycles. The fraction of sp³-hybridized carbons (Fsp3) is 0.600. The van der Waals surface area contributed by atoms with Crippen LogP contribution in [0.5, 0.6) is 0 Å². The summed E-state index contributed by atoms with van der Waals surface area (Å²) in [6.45, 7) is 5.23. The molecule has 0 aromatic heterocycles. The predicted octanol–water partition coefficient (Wildman–Crippen LogP) is -2.79. The fourth-order valence-electron chi connectivity index (χ4n) is 5.16. The van der Waals surface area contributed by atoms with Gasteiger partial charge < -0.3 is 40.9 Å². The van der Waals surface area contributed by atoms with Crippen LogP contribution in [0.15, 0.2) is 24.3 Å². The maximum Gasteiger partial charge on any atom is 0.317 e. The first-order valence-electron chi connectivity index (χ1n) is 15.8. The lowest BCUT2D eigenvalue weighted by Gasteiger charge is -2.28. The number of hydrogen-bond donors (Lipinski definition) is 6. The van der Waals surface area contributed by atoms with Gasteiger partial charge in [-0.05, 0) is 37.1 Å². The van der Waals surface area contributed by atoms with Gasteiger partial charge in [0, 0.05) is 63.9 Å². The number of nitrogens with one attached hydrogen (secondary N) is 3. The Bertz CT molecular complexity index is 1170. The molecule has 0 radical (unpaired) electrons. The summed E-state index contributed by atoms with van der Waals surface area (Å²) >= 11 is 0. The van der Waals surface area contributed by atoms with Crippen LogP contribution in [0.3, 0.4) is 0 Å². The molecule has 6 N–H and O–H groups in total. The predicted molar refractivity (Wildman–Crippen MR) is 174 cm³/mol. The largest absolute Gasteiger partial charge is 0.480 e. The zero-order valence-electron chi connectivity index (χ0n) is 27.1. The Labute approximate surface area is 275 Å². The van der Waals surface area contributed by atoms with E-state index in [1.807, 2.05) is 16.7 Å². The molecule has 2 rings (SSSR count). The van der Waals surface area contributed by atoms with Crippen molar-refractivity contribution in [3.63, 3.8) is 0 Å². The lowest BCUT2D eigenvalue weighted by Crippen LogP contribution is -2.46. The molecule has 0 saturated carbocycles. The Morgan fingerprint density at radius 2 is 1.57 bits per heavy atom. The number of aldehydes is 1. The molecule has 1 aliphatic heterocycles. The summed E-state index contributed by atoms with van der Waals surface area (Å²) in [5, 5.41) is 35.8. The van der Waals surface area contributed by atoms with Crippen molar-refractivity contribution in [2.45, 2.75) is 32.3 Å². The minimum atomic E-state index is -1.02. The first-order chi connectivity index (χ1) is 22.6. The molecule has 1 aliphatic rings. The summed E-state index contributed by atoms with van der Waals surface area (Å²) in [7, 11) is -0.102. The second-order valence-electron chi connectivity index (χ2n) is 11.3. The number of nitrogens with zero attached hydrogens (tertiary/aromatic N) is 4. The van der Waals surface area contributed by atoms with Crippen LogP contribution >= 0.6 is 0 Å². The van der Waals surface area contributed by atoms with Crippen molar-refractivity contribution in [1.29, 1.82) is 0 Å². The quantitative estimate of drug-likeness (QED) is 0.0376. The highest BCUT2D eigenvalue weighted by Crippen LogP contribution is 2.15. The number of likely N-dealkylation sites (tertiary alicyclic amines) is 1. The molecule has 0 unspecified atom stereocenters. The van der Waals surface area contributed by atoms with Gasteiger partial charge in [-0.15, -0.1) is 0 Å². The number of carboxylic acid groups (broad SMARTS) is 2. The van der Waals surface area contributed by atoms with E-state index in [9.17, 15) is 38.9 Å². The summed E-state index contributed by atoms with van der Waals surface area (Å²) in [5.74, 6) is -3.15. The van der Waals surface area contributed by atoms with Crippen molar-refractivity contribution in [2.24, 2.45) is 0 Å². The van der Waals surface area contributed by atoms with Gasteiger partial charge in [-0.3, -0.25) is 38.7 Å². The maximum absolute atomic E-state index is 12.9. The van der Waals surface area contributed by atoms with Crippen LogP contribution in [-0.2, 0) is 30.5 Å². The third-order valence-electron chi connectivity index (χ3n) is 7.87. The Hall–Kier alpha value is -3.90. The molecular formula is C30H48BN7O9. The van der Waals surface area contributed by atoms with Crippen LogP contribution in [0.25, 0.3) is 0 Å². The second kappa shape index (κ2) is 21.8. The molecule has 1 fully saturated rings. The van der Waals surface area contributed by atoms with Gasteiger partial charge in [0.25, 0.3) is 13.4 Å². The number of benzene rings is 1. The SMILES string of the molecule is CCN(CC=O)CCN(CCN(CCNCC(=O)O)CC(=O)O)CC(=O)NCc1ccc(C(=O)NCC(=O)N2CCC[C@H]2BO)cc1. The van der Waals surface area contributed by atoms with E-state index in [4.69, 9.17) is 5.11 Å². The van der Waals surface area contributed by atoms with Gasteiger partial charge in [-0.25, -0.2) is 0 Å². The Balaban J connectivity index is 1.90. The molecule has 3 amide bonds. The van der Waals surface area contributed by atoms with Crippen molar-refractivity contribution >= 4 is 43.4 Å². The first-order valence-corrected chi connectivity index (χ1v) is 15.8. The van der Waals surface area contributed by atoms with Crippen molar-refractivity contribution in [2.75, 3.05) is 85.1 Å². The van der Waals surface area contributed by atoms with E-state index in [2.05, 4.69) is 16.0 Å². The molecule has 260 valence electrons. The molecule has 0 spiro atoms. The molecule has 1 heterocycles. The molecule has 1 aromatic rings. The first kappa shape index (κ1) is 39.3. The summed E-state index contributed by atoms with van der Waals surface area (Å²) in [6, 6.07) is 6.62. The number of likely N-dealkylation sites (N-methyl/N-ethyl adjacent to an activating group) is 1. The van der Waals surface area contributed by atoms with Crippen LogP contribution in [0.1, 0.15) is 35.7 Å². The maximum atomic E-state index is 12.9. The van der Waals surface area contributed by atoms with Gasteiger partial charge in [0.15, 0.2) is 0 Å². The fourth-order valence-corrected chi connectivity index (χ4v) is 5.16. The van der Waals surface area contributed by atoms with E-state index < -0.39 is 17.8 Å². The standard InChI is InChI=1S/C30H48BN7O9/c1-2-35(16-17-39)12-13-37(15-14-36(22-29(44)45)11-9-32-20-28(42)43)21-26(40)33-18-23-5-7-24(8-6-23)30(46)34-19-27(41)38-10-3-4-25(38)31-47/h5-8,17,25,31-32,47H,2-4,9-16,18-22H2,1H3,(H,33,40)(H,34,46)(H,42,43)(H,44,45)/t25-/m0/s1. The molecule has 1 atom stereocenters. The second-order valence-corrected chi connectivity index (χ2v) is 11.3. The van der Waals surface area contributed by atoms with Crippen molar-refractivity contribution in [3.8, 4) is 0 Å². The van der Waals surface area contributed by atoms with Gasteiger partial charge in [0.05, 0.1) is 32.7 Å². The number of carbonyl (C=O) groups is 6. The minimum Gasteiger partial charge on any atom is -0.480 e. The van der Waals surface area contributed by atoms with Crippen molar-refractivity contribution in [1.82, 2.24) is 35.6 Å². The lowest BCUT2D eigenvalue weighted by atomic mass is 9.86. The summed E-state index contributed by atoms with van der Waals surface area (Å²) < 4.78 is 0. The normalized spacial score (nSPS) is 14.4. The van der Waals surface area contributed by atoms with Crippen LogP contribution in [0.4, 0.5) is 0 Å². The average Bonchev–Trinajstić information content (AvgIpc) is 3.54. The Morgan fingerprint density at radius 3 is 2.17 bits per heavy atom. The number of amides is 3. The van der Waals surface area contributed by atoms with E-state index in [1.54, 1.807) is 34.1 Å². The van der Waals surface area contributed by atoms with E-state index in [0.717, 1.165) is 24.7 Å². The summed E-state index contributed by atoms with van der Waals surface area (Å²) in [4.78, 5) is 78.1. The van der Waals surface area contributed by atoms with E-state index in [1.165, 1.54) is 0 Å². The molecule has 16 nitrogen and oxygen atoms in total. The topological polar surface area (TPSA) is 212 Å². The van der Waals surface area contributed by atoms with E-state index in [-0.39, 0.29) is 71.1 Å². The summed E-state index contributed by atoms with van der Waals surface area (Å²) in [6.07, 6.45) is 2.38. The number of aliphatic carboxylic acids is 2. The highest BCUT2D eigenvalue weighted by Gasteiger charge is 2.29. The number of rotatable bonds is 24. The molecule has 0 bridgehead atoms. The molecule has 1 saturated heterocycles. The van der Waals surface area contributed by atoms with Crippen molar-refractivity contribution < 1.29 is 44.0 Å². The number of carboxylic acids is 2. The van der Waals surface area contributed by atoms with Crippen LogP contribution < -0.4 is 16.0 Å². The van der Waals surface area contributed by atoms with Crippen molar-refractivity contribution in [3.05, 3.63) is 35.4 Å². The number of hydrogen-bond acceptors (Lipinski definition) is 11. The number of carbonyl (C=O) groups excluding carboxylic acids is 4. The lowest BCUT2D eigenvalue weighted by molar-refractivity contribution is -0.139. The van der Waals surface area contributed by atoms with Crippen LogP contribution in [0, 0.1) is 0 Å². The molecule has 47 heavy (non-hydrogen) atoms. The zero-order chi connectivity index (χ0) is 34.6. The molecular weight excluding hydrogens is 613 g/mol. The highest BCUT2D eigenvalue weighted by molar-refractivity contribution is 6.28. The van der Waals surface area contributed by atoms with Gasteiger partial charge in [-0.2, -0.15) is 0 Å². The highest BCUT2D eigenvalue weighted by atomic mass is 16.4. The minimum absolute atomic E-state index is 0.0273. The van der Waals surface area contributed by atoms with Gasteiger partial charge in [0.1, 0.15) is 6.29 Å². The van der Waals surface area contributed by atoms with E-state index in [0.29, 0.717) is 51.4 Å². The van der Waals surface area contributed by atoms with Gasteiger partial charge in [-0.1, -0.05) is 19.1 Å². The van der Waals surface area contributed by atoms with Gasteiger partial charge >= 0.3 is 11.9 Å². The van der Waals surface area contributed by atoms with Crippen LogP contribution in [0.2, 0.25) is 0 Å². The summed E-state index contributed by atoms with van der Waals surface area (Å²) in [5.41, 5.74) is 1.11. The third-order valence-corrected chi connectivity index (χ3v) is 7.87.